The van der Waals surface area contributed by atoms with Crippen LogP contribution in [0.4, 0.5) is 0 Å². The number of aryl methyl sites for hydroxylation is 1. The van der Waals surface area contributed by atoms with Crippen LogP contribution >= 0.6 is 11.6 Å². The Kier molecular flexibility index (Phi) is 2.45. The normalized spacial score (nSPS) is 9.70. The van der Waals surface area contributed by atoms with Crippen LogP contribution in [0.2, 0.25) is 0 Å². The van der Waals surface area contributed by atoms with Crippen molar-refractivity contribution in [3.63, 3.8) is 0 Å². The first-order valence-corrected chi connectivity index (χ1v) is 3.49. The minimum absolute atomic E-state index is 0.546. The van der Waals surface area contributed by atoms with E-state index >= 15 is 0 Å². The summed E-state index contributed by atoms with van der Waals surface area (Å²) in [6.45, 7) is 4.29. The predicted molar refractivity (Wildman–Crippen MR) is 40.8 cm³/mol. The molecular formula is C6H8ClN3. The van der Waals surface area contributed by atoms with E-state index in [1.54, 1.807) is 17.0 Å². The van der Waals surface area contributed by atoms with Crippen LogP contribution < -0.4 is 0 Å². The van der Waals surface area contributed by atoms with Gasteiger partial charge in [-0.25, -0.2) is 4.68 Å². The van der Waals surface area contributed by atoms with Crippen molar-refractivity contribution >= 4 is 17.7 Å². The molecule has 1 aromatic heterocycles. The lowest BCUT2D eigenvalue weighted by Crippen LogP contribution is -2.02. The predicted octanol–water partition coefficient (Wildman–Crippen LogP) is 1.16. The second kappa shape index (κ2) is 3.37. The molecule has 0 atom stereocenters. The number of rotatable bonds is 3. The second-order valence-electron chi connectivity index (χ2n) is 1.78. The van der Waals surface area contributed by atoms with Crippen LogP contribution in [0.3, 0.4) is 0 Å². The van der Waals surface area contributed by atoms with Crippen molar-refractivity contribution in [1.29, 1.82) is 0 Å². The molecule has 0 bridgehead atoms. The Labute approximate surface area is 64.3 Å². The molecule has 0 N–H and O–H groups in total. The Bertz CT molecular complexity index is 219. The summed E-state index contributed by atoms with van der Waals surface area (Å²) in [4.78, 5) is 0. The SMILES string of the molecule is C=Cc1cnnn1CCCl. The van der Waals surface area contributed by atoms with Gasteiger partial charge in [-0.3, -0.25) is 0 Å². The molecule has 10 heavy (non-hydrogen) atoms. The summed E-state index contributed by atoms with van der Waals surface area (Å²) in [5.74, 6) is 0.546. The lowest BCUT2D eigenvalue weighted by Gasteiger charge is -1.96. The third kappa shape index (κ3) is 1.36. The molecule has 1 heterocycles. The summed E-state index contributed by atoms with van der Waals surface area (Å²) in [6, 6.07) is 0. The fourth-order valence-electron chi connectivity index (χ4n) is 0.678. The first kappa shape index (κ1) is 7.28. The first-order valence-electron chi connectivity index (χ1n) is 2.95. The molecule has 0 unspecified atom stereocenters. The Morgan fingerprint density at radius 3 is 3.20 bits per heavy atom. The van der Waals surface area contributed by atoms with Gasteiger partial charge in [-0.1, -0.05) is 11.8 Å². The molecule has 0 aliphatic carbocycles. The topological polar surface area (TPSA) is 30.7 Å². The van der Waals surface area contributed by atoms with Crippen molar-refractivity contribution in [3.8, 4) is 0 Å². The van der Waals surface area contributed by atoms with Crippen molar-refractivity contribution in [3.05, 3.63) is 18.5 Å². The Hall–Kier alpha value is -0.830. The zero-order valence-corrected chi connectivity index (χ0v) is 6.25. The smallest absolute Gasteiger partial charge is 0.0807 e. The molecule has 3 nitrogen and oxygen atoms in total. The summed E-state index contributed by atoms with van der Waals surface area (Å²) in [6.07, 6.45) is 3.35. The van der Waals surface area contributed by atoms with Crippen LogP contribution in [-0.2, 0) is 6.54 Å². The van der Waals surface area contributed by atoms with Crippen LogP contribution in [0.5, 0.6) is 0 Å². The number of hydrogen-bond acceptors (Lipinski definition) is 2. The van der Waals surface area contributed by atoms with Crippen LogP contribution in [0.1, 0.15) is 5.69 Å². The standard InChI is InChI=1S/C6H8ClN3/c1-2-6-5-8-9-10(6)4-3-7/h2,5H,1,3-4H2. The minimum atomic E-state index is 0.546. The van der Waals surface area contributed by atoms with Gasteiger partial charge >= 0.3 is 0 Å². The number of hydrogen-bond donors (Lipinski definition) is 0. The van der Waals surface area contributed by atoms with Gasteiger partial charge in [0.1, 0.15) is 0 Å². The van der Waals surface area contributed by atoms with E-state index in [4.69, 9.17) is 11.6 Å². The van der Waals surface area contributed by atoms with Crippen molar-refractivity contribution in [2.45, 2.75) is 6.54 Å². The molecule has 0 radical (unpaired) electrons. The average molecular weight is 158 g/mol. The maximum atomic E-state index is 5.50. The maximum absolute atomic E-state index is 5.50. The Morgan fingerprint density at radius 2 is 2.60 bits per heavy atom. The van der Waals surface area contributed by atoms with E-state index in [0.717, 1.165) is 5.69 Å². The molecule has 0 aromatic carbocycles. The number of aromatic nitrogens is 3. The largest absolute Gasteiger partial charge is 0.244 e. The molecule has 0 saturated heterocycles. The first-order chi connectivity index (χ1) is 4.88. The second-order valence-corrected chi connectivity index (χ2v) is 2.15. The fraction of sp³-hybridized carbons (Fsp3) is 0.333. The van der Waals surface area contributed by atoms with Crippen LogP contribution in [0.25, 0.3) is 6.08 Å². The Balaban J connectivity index is 2.79. The molecule has 0 aliphatic heterocycles. The average Bonchev–Trinajstić information content (AvgIpc) is 2.36. The van der Waals surface area contributed by atoms with E-state index in [9.17, 15) is 0 Å². The summed E-state index contributed by atoms with van der Waals surface area (Å²) in [5, 5.41) is 7.48. The molecule has 0 amide bonds. The maximum Gasteiger partial charge on any atom is 0.0807 e. The fourth-order valence-corrected chi connectivity index (χ4v) is 0.838. The summed E-state index contributed by atoms with van der Waals surface area (Å²) in [7, 11) is 0. The molecular weight excluding hydrogens is 150 g/mol. The van der Waals surface area contributed by atoms with Crippen molar-refractivity contribution in [2.75, 3.05) is 5.88 Å². The van der Waals surface area contributed by atoms with Gasteiger partial charge in [0.15, 0.2) is 0 Å². The van der Waals surface area contributed by atoms with E-state index in [1.807, 2.05) is 0 Å². The molecule has 0 aliphatic rings. The van der Waals surface area contributed by atoms with Crippen molar-refractivity contribution in [1.82, 2.24) is 15.0 Å². The van der Waals surface area contributed by atoms with Crippen LogP contribution in [0, 0.1) is 0 Å². The molecule has 54 valence electrons. The van der Waals surface area contributed by atoms with E-state index < -0.39 is 0 Å². The highest BCUT2D eigenvalue weighted by Crippen LogP contribution is 1.97. The number of nitrogens with zero attached hydrogens (tertiary/aromatic N) is 3. The zero-order valence-electron chi connectivity index (χ0n) is 5.50. The van der Waals surface area contributed by atoms with E-state index in [0.29, 0.717) is 12.4 Å². The molecule has 1 rings (SSSR count). The van der Waals surface area contributed by atoms with E-state index in [-0.39, 0.29) is 0 Å². The summed E-state index contributed by atoms with van der Waals surface area (Å²) >= 11 is 5.50. The molecule has 1 aromatic rings. The summed E-state index contributed by atoms with van der Waals surface area (Å²) < 4.78 is 1.71. The lowest BCUT2D eigenvalue weighted by atomic mass is 10.4. The third-order valence-electron chi connectivity index (χ3n) is 1.15. The minimum Gasteiger partial charge on any atom is -0.244 e. The van der Waals surface area contributed by atoms with Gasteiger partial charge in [0, 0.05) is 5.88 Å². The van der Waals surface area contributed by atoms with E-state index in [2.05, 4.69) is 16.9 Å². The zero-order chi connectivity index (χ0) is 7.40. The number of alkyl halides is 1. The third-order valence-corrected chi connectivity index (χ3v) is 1.32. The van der Waals surface area contributed by atoms with Crippen molar-refractivity contribution in [2.24, 2.45) is 0 Å². The van der Waals surface area contributed by atoms with E-state index in [1.165, 1.54) is 0 Å². The van der Waals surface area contributed by atoms with Gasteiger partial charge in [0.05, 0.1) is 18.4 Å². The monoisotopic (exact) mass is 157 g/mol. The molecule has 0 spiro atoms. The summed E-state index contributed by atoms with van der Waals surface area (Å²) in [5.41, 5.74) is 0.903. The van der Waals surface area contributed by atoms with Gasteiger partial charge in [0.2, 0.25) is 0 Å². The highest BCUT2D eigenvalue weighted by atomic mass is 35.5. The van der Waals surface area contributed by atoms with Gasteiger partial charge in [0.25, 0.3) is 0 Å². The highest BCUT2D eigenvalue weighted by Gasteiger charge is 1.96. The molecule has 0 fully saturated rings. The van der Waals surface area contributed by atoms with Crippen LogP contribution in [-0.4, -0.2) is 20.9 Å². The Morgan fingerprint density at radius 1 is 1.80 bits per heavy atom. The molecule has 4 heteroatoms. The number of halogens is 1. The quantitative estimate of drug-likeness (QED) is 0.617. The van der Waals surface area contributed by atoms with Gasteiger partial charge < -0.3 is 0 Å². The van der Waals surface area contributed by atoms with Gasteiger partial charge in [-0.15, -0.1) is 16.7 Å². The van der Waals surface area contributed by atoms with Crippen molar-refractivity contribution < 1.29 is 0 Å². The molecule has 0 saturated carbocycles. The highest BCUT2D eigenvalue weighted by molar-refractivity contribution is 6.17. The lowest BCUT2D eigenvalue weighted by molar-refractivity contribution is 0.626. The van der Waals surface area contributed by atoms with Gasteiger partial charge in [-0.05, 0) is 6.08 Å². The van der Waals surface area contributed by atoms with Crippen LogP contribution in [0.15, 0.2) is 12.8 Å². The van der Waals surface area contributed by atoms with Gasteiger partial charge in [-0.2, -0.15) is 0 Å².